The van der Waals surface area contributed by atoms with Gasteiger partial charge in [0.15, 0.2) is 0 Å². The number of sulfonamides is 1. The summed E-state index contributed by atoms with van der Waals surface area (Å²) < 4.78 is 27.1. The van der Waals surface area contributed by atoms with Gasteiger partial charge in [-0.15, -0.1) is 11.3 Å². The predicted molar refractivity (Wildman–Crippen MR) is 108 cm³/mol. The molecule has 0 aliphatic rings. The van der Waals surface area contributed by atoms with Gasteiger partial charge in [-0.1, -0.05) is 43.0 Å². The highest BCUT2D eigenvalue weighted by molar-refractivity contribution is 7.94. The molecule has 0 bridgehead atoms. The highest BCUT2D eigenvalue weighted by atomic mass is 32.2. The van der Waals surface area contributed by atoms with Crippen molar-refractivity contribution in [2.75, 3.05) is 4.72 Å². The van der Waals surface area contributed by atoms with Crippen molar-refractivity contribution in [1.29, 1.82) is 0 Å². The highest BCUT2D eigenvalue weighted by Crippen LogP contribution is 2.20. The Morgan fingerprint density at radius 2 is 1.56 bits per heavy atom. The third-order valence-electron chi connectivity index (χ3n) is 3.61. The fourth-order valence-corrected chi connectivity index (χ4v) is 4.28. The van der Waals surface area contributed by atoms with E-state index in [9.17, 15) is 13.2 Å². The number of anilines is 1. The summed E-state index contributed by atoms with van der Waals surface area (Å²) in [6, 6.07) is 18.7. The fourth-order valence-electron chi connectivity index (χ4n) is 2.23. The minimum Gasteiger partial charge on any atom is -0.298 e. The smallest absolute Gasteiger partial charge is 0.271 e. The van der Waals surface area contributed by atoms with E-state index < -0.39 is 10.0 Å². The summed E-state index contributed by atoms with van der Waals surface area (Å²) in [5.74, 6) is -0.361. The lowest BCUT2D eigenvalue weighted by molar-refractivity contribution is 0.0942. The number of nitrogens with one attached hydrogen (secondary N) is 3. The molecule has 3 rings (SSSR count). The van der Waals surface area contributed by atoms with E-state index in [0.717, 1.165) is 16.9 Å². The van der Waals surface area contributed by atoms with Crippen LogP contribution in [0.4, 0.5) is 5.69 Å². The number of hydrogen-bond donors (Lipinski definition) is 3. The van der Waals surface area contributed by atoms with E-state index in [4.69, 9.17) is 0 Å². The first-order chi connectivity index (χ1) is 13.0. The summed E-state index contributed by atoms with van der Waals surface area (Å²) in [4.78, 5) is 12.2. The Kier molecular flexibility index (Phi) is 5.58. The molecule has 138 valence electrons. The van der Waals surface area contributed by atoms with E-state index in [1.165, 1.54) is 30.3 Å². The normalized spacial score (nSPS) is 10.8. The molecule has 0 aliphatic carbocycles. The Balaban J connectivity index is 1.60. The summed E-state index contributed by atoms with van der Waals surface area (Å²) in [5.41, 5.74) is 7.50. The summed E-state index contributed by atoms with van der Waals surface area (Å²) in [5, 5.41) is 1.69. The van der Waals surface area contributed by atoms with Crippen molar-refractivity contribution in [2.24, 2.45) is 0 Å². The van der Waals surface area contributed by atoms with Crippen LogP contribution in [0.1, 0.15) is 15.9 Å². The average Bonchev–Trinajstić information content (AvgIpc) is 3.23. The van der Waals surface area contributed by atoms with Gasteiger partial charge in [0.05, 0.1) is 5.70 Å². The molecular weight excluding hydrogens is 382 g/mol. The number of rotatable bonds is 7. The zero-order chi connectivity index (χ0) is 19.3. The molecule has 1 heterocycles. The van der Waals surface area contributed by atoms with E-state index in [1.807, 2.05) is 30.3 Å². The third-order valence-corrected chi connectivity index (χ3v) is 6.39. The molecule has 0 radical (unpaired) electrons. The van der Waals surface area contributed by atoms with Crippen molar-refractivity contribution in [3.63, 3.8) is 0 Å². The highest BCUT2D eigenvalue weighted by Gasteiger charge is 2.15. The van der Waals surface area contributed by atoms with Crippen molar-refractivity contribution < 1.29 is 13.2 Å². The van der Waals surface area contributed by atoms with Crippen LogP contribution < -0.4 is 15.6 Å². The van der Waals surface area contributed by atoms with E-state index >= 15 is 0 Å². The van der Waals surface area contributed by atoms with Gasteiger partial charge in [0.1, 0.15) is 4.21 Å². The fraction of sp³-hybridized carbons (Fsp3) is 0. The first-order valence-electron chi connectivity index (χ1n) is 7.93. The topological polar surface area (TPSA) is 87.3 Å². The zero-order valence-corrected chi connectivity index (χ0v) is 15.8. The van der Waals surface area contributed by atoms with Gasteiger partial charge in [0, 0.05) is 11.3 Å². The van der Waals surface area contributed by atoms with Crippen LogP contribution in [0.3, 0.4) is 0 Å². The van der Waals surface area contributed by atoms with Crippen molar-refractivity contribution in [3.05, 3.63) is 89.8 Å². The van der Waals surface area contributed by atoms with Crippen molar-refractivity contribution in [2.45, 2.75) is 4.21 Å². The third kappa shape index (κ3) is 4.75. The van der Waals surface area contributed by atoms with Crippen LogP contribution in [0.15, 0.2) is 82.9 Å². The largest absolute Gasteiger partial charge is 0.298 e. The number of amides is 1. The van der Waals surface area contributed by atoms with Crippen LogP contribution in [0.25, 0.3) is 5.70 Å². The molecular formula is C19H17N3O3S2. The van der Waals surface area contributed by atoms with Crippen LogP contribution in [-0.4, -0.2) is 14.3 Å². The number of carbonyl (C=O) groups is 1. The molecule has 1 amide bonds. The number of hydrogen-bond acceptors (Lipinski definition) is 5. The average molecular weight is 399 g/mol. The SMILES string of the molecule is C=C(NNC(=O)c1ccc(NS(=O)(=O)c2cccs2)cc1)c1ccccc1. The van der Waals surface area contributed by atoms with Crippen LogP contribution >= 0.6 is 11.3 Å². The Bertz CT molecular complexity index is 1030. The molecule has 27 heavy (non-hydrogen) atoms. The lowest BCUT2D eigenvalue weighted by Crippen LogP contribution is -2.35. The molecule has 0 unspecified atom stereocenters. The predicted octanol–water partition coefficient (Wildman–Crippen LogP) is 3.45. The van der Waals surface area contributed by atoms with Crippen LogP contribution in [0.5, 0.6) is 0 Å². The molecule has 6 nitrogen and oxygen atoms in total. The molecule has 0 atom stereocenters. The second-order valence-corrected chi connectivity index (χ2v) is 8.40. The molecule has 8 heteroatoms. The van der Waals surface area contributed by atoms with Crippen molar-refractivity contribution in [3.8, 4) is 0 Å². The molecule has 3 aromatic rings. The Hall–Kier alpha value is -3.10. The molecule has 2 aromatic carbocycles. The van der Waals surface area contributed by atoms with E-state index in [2.05, 4.69) is 22.2 Å². The molecule has 1 aromatic heterocycles. The van der Waals surface area contributed by atoms with Crippen molar-refractivity contribution in [1.82, 2.24) is 10.9 Å². The molecule has 3 N–H and O–H groups in total. The Morgan fingerprint density at radius 1 is 0.852 bits per heavy atom. The minimum atomic E-state index is -3.61. The first-order valence-corrected chi connectivity index (χ1v) is 10.3. The standard InChI is InChI=1S/C19H17N3O3S2/c1-14(15-6-3-2-4-7-15)20-21-19(23)16-9-11-17(12-10-16)22-27(24,25)18-8-5-13-26-18/h2-13,20,22H,1H2,(H,21,23). The van der Waals surface area contributed by atoms with Crippen molar-refractivity contribution >= 4 is 38.7 Å². The van der Waals surface area contributed by atoms with E-state index in [1.54, 1.807) is 11.4 Å². The molecule has 0 aliphatic heterocycles. The molecule has 0 saturated carbocycles. The van der Waals surface area contributed by atoms with Crippen LogP contribution in [0.2, 0.25) is 0 Å². The van der Waals surface area contributed by atoms with E-state index in [0.29, 0.717) is 16.9 Å². The van der Waals surface area contributed by atoms with Gasteiger partial charge in [-0.3, -0.25) is 20.4 Å². The van der Waals surface area contributed by atoms with Gasteiger partial charge >= 0.3 is 0 Å². The zero-order valence-electron chi connectivity index (χ0n) is 14.2. The molecule has 0 spiro atoms. The lowest BCUT2D eigenvalue weighted by atomic mass is 10.2. The maximum atomic E-state index is 12.2. The number of carbonyl (C=O) groups excluding carboxylic acids is 1. The summed E-state index contributed by atoms with van der Waals surface area (Å²) in [6.07, 6.45) is 0. The second kappa shape index (κ2) is 8.07. The number of hydrazine groups is 1. The summed E-state index contributed by atoms with van der Waals surface area (Å²) in [7, 11) is -3.61. The maximum absolute atomic E-state index is 12.2. The number of benzene rings is 2. The van der Waals surface area contributed by atoms with Crippen LogP contribution in [0, 0.1) is 0 Å². The second-order valence-electron chi connectivity index (χ2n) is 5.54. The van der Waals surface area contributed by atoms with Gasteiger partial charge in [-0.05, 0) is 41.3 Å². The maximum Gasteiger partial charge on any atom is 0.271 e. The molecule has 0 saturated heterocycles. The Labute approximate surface area is 161 Å². The quantitative estimate of drug-likeness (QED) is 0.531. The van der Waals surface area contributed by atoms with Crippen LogP contribution in [-0.2, 0) is 10.0 Å². The molecule has 0 fully saturated rings. The number of thiophene rings is 1. The van der Waals surface area contributed by atoms with Gasteiger partial charge in [-0.25, -0.2) is 8.42 Å². The minimum absolute atomic E-state index is 0.230. The van der Waals surface area contributed by atoms with E-state index in [-0.39, 0.29) is 10.1 Å². The van der Waals surface area contributed by atoms with Gasteiger partial charge in [0.2, 0.25) is 0 Å². The Morgan fingerprint density at radius 3 is 2.19 bits per heavy atom. The lowest BCUT2D eigenvalue weighted by Gasteiger charge is -2.12. The monoisotopic (exact) mass is 399 g/mol. The van der Waals surface area contributed by atoms with Gasteiger partial charge < -0.3 is 0 Å². The van der Waals surface area contributed by atoms with Gasteiger partial charge in [0.25, 0.3) is 15.9 Å². The summed E-state index contributed by atoms with van der Waals surface area (Å²) in [6.45, 7) is 3.87. The summed E-state index contributed by atoms with van der Waals surface area (Å²) >= 11 is 1.13. The first kappa shape index (κ1) is 18.7. The van der Waals surface area contributed by atoms with Gasteiger partial charge in [-0.2, -0.15) is 0 Å².